The minimum atomic E-state index is -0.563. The number of aliphatic imine (C=N–C) groups is 1. The highest BCUT2D eigenvalue weighted by molar-refractivity contribution is 6.30. The first-order valence-corrected chi connectivity index (χ1v) is 6.65. The van der Waals surface area contributed by atoms with Crippen LogP contribution in [0.25, 0.3) is 0 Å². The predicted molar refractivity (Wildman–Crippen MR) is 84.8 cm³/mol. The zero-order valence-corrected chi connectivity index (χ0v) is 12.7. The Kier molecular flexibility index (Phi) is 4.62. The van der Waals surface area contributed by atoms with E-state index in [9.17, 15) is 15.2 Å². The lowest BCUT2D eigenvalue weighted by atomic mass is 10.1. The topological polar surface area (TPSA) is 85.0 Å². The monoisotopic (exact) mass is 320 g/mol. The van der Waals surface area contributed by atoms with Crippen LogP contribution < -0.4 is 4.74 Å². The average molecular weight is 321 g/mol. The summed E-state index contributed by atoms with van der Waals surface area (Å²) in [5.41, 5.74) is 1.50. The molecule has 1 N–H and O–H groups in total. The third-order valence-corrected chi connectivity index (χ3v) is 3.26. The largest absolute Gasteiger partial charge is 0.504 e. The lowest BCUT2D eigenvalue weighted by Crippen LogP contribution is -1.94. The van der Waals surface area contributed by atoms with E-state index < -0.39 is 4.92 Å². The van der Waals surface area contributed by atoms with Gasteiger partial charge in [0.15, 0.2) is 11.5 Å². The number of ether oxygens (including phenoxy) is 1. The van der Waals surface area contributed by atoms with Crippen LogP contribution in [0.2, 0.25) is 5.02 Å². The number of nitrogens with zero attached hydrogens (tertiary/aromatic N) is 2. The van der Waals surface area contributed by atoms with E-state index in [4.69, 9.17) is 16.3 Å². The molecule has 0 amide bonds. The van der Waals surface area contributed by atoms with Crippen LogP contribution in [0.1, 0.15) is 11.1 Å². The number of nitro benzene ring substituents is 1. The fourth-order valence-electron chi connectivity index (χ4n) is 1.88. The van der Waals surface area contributed by atoms with E-state index in [0.717, 1.165) is 11.6 Å². The number of aromatic hydroxyl groups is 1. The number of hydrogen-bond donors (Lipinski definition) is 1. The van der Waals surface area contributed by atoms with Gasteiger partial charge in [0.2, 0.25) is 0 Å². The van der Waals surface area contributed by atoms with Crippen LogP contribution in [0.5, 0.6) is 11.5 Å². The zero-order valence-electron chi connectivity index (χ0n) is 11.9. The van der Waals surface area contributed by atoms with Crippen molar-refractivity contribution in [3.63, 3.8) is 0 Å². The molecular weight excluding hydrogens is 308 g/mol. The van der Waals surface area contributed by atoms with E-state index in [0.29, 0.717) is 10.7 Å². The van der Waals surface area contributed by atoms with E-state index >= 15 is 0 Å². The van der Waals surface area contributed by atoms with Crippen molar-refractivity contribution in [2.24, 2.45) is 4.99 Å². The van der Waals surface area contributed by atoms with Gasteiger partial charge < -0.3 is 9.84 Å². The van der Waals surface area contributed by atoms with Gasteiger partial charge in [0.25, 0.3) is 5.69 Å². The fraction of sp³-hybridized carbons (Fsp3) is 0.133. The van der Waals surface area contributed by atoms with Gasteiger partial charge in [-0.05, 0) is 30.7 Å². The Labute approximate surface area is 131 Å². The molecule has 0 saturated carbocycles. The molecule has 0 atom stereocenters. The van der Waals surface area contributed by atoms with Crippen LogP contribution >= 0.6 is 11.6 Å². The van der Waals surface area contributed by atoms with Crippen molar-refractivity contribution in [2.45, 2.75) is 6.92 Å². The molecule has 2 rings (SSSR count). The molecule has 0 aliphatic heterocycles. The van der Waals surface area contributed by atoms with Crippen molar-refractivity contribution >= 4 is 29.2 Å². The third-order valence-electron chi connectivity index (χ3n) is 3.02. The number of aryl methyl sites for hydroxylation is 1. The summed E-state index contributed by atoms with van der Waals surface area (Å²) in [7, 11) is 1.32. The van der Waals surface area contributed by atoms with E-state index in [1.54, 1.807) is 18.2 Å². The Hall–Kier alpha value is -2.60. The second-order valence-corrected chi connectivity index (χ2v) is 4.97. The van der Waals surface area contributed by atoms with E-state index in [-0.39, 0.29) is 22.7 Å². The maximum Gasteiger partial charge on any atom is 0.274 e. The maximum absolute atomic E-state index is 10.9. The average Bonchev–Trinajstić information content (AvgIpc) is 2.47. The molecule has 0 spiro atoms. The van der Waals surface area contributed by atoms with E-state index in [1.165, 1.54) is 19.4 Å². The molecule has 0 aliphatic rings. The number of rotatable bonds is 4. The molecule has 0 unspecified atom stereocenters. The smallest absolute Gasteiger partial charge is 0.274 e. The first-order valence-electron chi connectivity index (χ1n) is 6.28. The molecular formula is C15H13ClN2O4. The molecule has 7 heteroatoms. The lowest BCUT2D eigenvalue weighted by molar-refractivity contribution is -0.385. The van der Waals surface area contributed by atoms with Crippen molar-refractivity contribution in [2.75, 3.05) is 7.11 Å². The minimum absolute atomic E-state index is 0.0171. The summed E-state index contributed by atoms with van der Waals surface area (Å²) < 4.78 is 4.93. The van der Waals surface area contributed by atoms with Gasteiger partial charge in [-0.25, -0.2) is 0 Å². The minimum Gasteiger partial charge on any atom is -0.504 e. The molecule has 0 saturated heterocycles. The van der Waals surface area contributed by atoms with Crippen molar-refractivity contribution in [3.8, 4) is 11.5 Å². The molecule has 2 aromatic carbocycles. The number of phenolic OH excluding ortho intramolecular Hbond substituents is 1. The van der Waals surface area contributed by atoms with Crippen molar-refractivity contribution in [1.29, 1.82) is 0 Å². The highest BCUT2D eigenvalue weighted by Crippen LogP contribution is 2.34. The Morgan fingerprint density at radius 1 is 1.36 bits per heavy atom. The predicted octanol–water partition coefficient (Wildman–Crippen LogP) is 4.02. The summed E-state index contributed by atoms with van der Waals surface area (Å²) in [6, 6.07) is 7.55. The van der Waals surface area contributed by atoms with Crippen LogP contribution in [0.15, 0.2) is 35.3 Å². The molecule has 0 bridgehead atoms. The molecule has 0 aromatic heterocycles. The quantitative estimate of drug-likeness (QED) is 0.523. The van der Waals surface area contributed by atoms with Crippen molar-refractivity contribution in [1.82, 2.24) is 0 Å². The summed E-state index contributed by atoms with van der Waals surface area (Å²) in [6.45, 7) is 1.84. The molecule has 0 radical (unpaired) electrons. The van der Waals surface area contributed by atoms with Crippen LogP contribution in [-0.4, -0.2) is 23.4 Å². The van der Waals surface area contributed by atoms with Gasteiger partial charge in [-0.15, -0.1) is 0 Å². The highest BCUT2D eigenvalue weighted by atomic mass is 35.5. The van der Waals surface area contributed by atoms with Gasteiger partial charge in [-0.3, -0.25) is 15.1 Å². The lowest BCUT2D eigenvalue weighted by Gasteiger charge is -2.06. The number of nitro groups is 1. The first-order chi connectivity index (χ1) is 10.4. The van der Waals surface area contributed by atoms with E-state index in [1.807, 2.05) is 6.92 Å². The third kappa shape index (κ3) is 3.35. The van der Waals surface area contributed by atoms with Gasteiger partial charge in [0.1, 0.15) is 0 Å². The fourth-order valence-corrected chi connectivity index (χ4v) is 2.10. The summed E-state index contributed by atoms with van der Waals surface area (Å²) in [5, 5.41) is 21.5. The number of phenols is 1. The van der Waals surface area contributed by atoms with Crippen LogP contribution in [0.4, 0.5) is 11.4 Å². The SMILES string of the molecule is COc1cc([N+](=O)[O-])cc(C=Nc2ccc(Cl)cc2C)c1O. The number of halogens is 1. The maximum atomic E-state index is 10.9. The Balaban J connectivity index is 2.45. The summed E-state index contributed by atoms with van der Waals surface area (Å²) in [4.78, 5) is 14.6. The normalized spacial score (nSPS) is 10.9. The summed E-state index contributed by atoms with van der Waals surface area (Å²) in [6.07, 6.45) is 1.35. The van der Waals surface area contributed by atoms with Crippen molar-refractivity contribution < 1.29 is 14.8 Å². The highest BCUT2D eigenvalue weighted by Gasteiger charge is 2.15. The Morgan fingerprint density at radius 2 is 2.09 bits per heavy atom. The number of non-ortho nitro benzene ring substituents is 1. The standard InChI is InChI=1S/C15H13ClN2O4/c1-9-5-11(16)3-4-13(9)17-8-10-6-12(18(20)21)7-14(22-2)15(10)19/h3-8,19H,1-2H3. The molecule has 6 nitrogen and oxygen atoms in total. The number of hydrogen-bond acceptors (Lipinski definition) is 5. The summed E-state index contributed by atoms with van der Waals surface area (Å²) >= 11 is 5.87. The van der Waals surface area contributed by atoms with Gasteiger partial charge >= 0.3 is 0 Å². The second-order valence-electron chi connectivity index (χ2n) is 4.53. The molecule has 0 heterocycles. The first kappa shape index (κ1) is 15.8. The zero-order chi connectivity index (χ0) is 16.3. The molecule has 22 heavy (non-hydrogen) atoms. The molecule has 2 aromatic rings. The van der Waals surface area contributed by atoms with Gasteiger partial charge in [0.05, 0.1) is 23.8 Å². The van der Waals surface area contributed by atoms with Crippen molar-refractivity contribution in [3.05, 3.63) is 56.6 Å². The Morgan fingerprint density at radius 3 is 2.68 bits per heavy atom. The number of methoxy groups -OCH3 is 1. The van der Waals surface area contributed by atoms with Gasteiger partial charge in [-0.1, -0.05) is 11.6 Å². The second kappa shape index (κ2) is 6.44. The molecule has 0 fully saturated rings. The molecule has 114 valence electrons. The van der Waals surface area contributed by atoms with Gasteiger partial charge in [-0.2, -0.15) is 0 Å². The van der Waals surface area contributed by atoms with E-state index in [2.05, 4.69) is 4.99 Å². The molecule has 0 aliphatic carbocycles. The van der Waals surface area contributed by atoms with Crippen LogP contribution in [0.3, 0.4) is 0 Å². The number of benzene rings is 2. The van der Waals surface area contributed by atoms with Gasteiger partial charge in [0, 0.05) is 22.9 Å². The van der Waals surface area contributed by atoms with Crippen LogP contribution in [0, 0.1) is 17.0 Å². The Bertz CT molecular complexity index is 759. The summed E-state index contributed by atoms with van der Waals surface area (Å²) in [5.74, 6) is -0.188. The van der Waals surface area contributed by atoms with Crippen LogP contribution in [-0.2, 0) is 0 Å².